The van der Waals surface area contributed by atoms with E-state index in [-0.39, 0.29) is 11.8 Å². The third-order valence-electron chi connectivity index (χ3n) is 3.88. The van der Waals surface area contributed by atoms with Crippen LogP contribution >= 0.6 is 0 Å². The lowest BCUT2D eigenvalue weighted by Gasteiger charge is -2.41. The molecule has 2 rings (SSSR count). The number of nitrogens with zero attached hydrogens (tertiary/aromatic N) is 3. The number of hydrogen-bond donors (Lipinski definition) is 1. The Morgan fingerprint density at radius 3 is 2.84 bits per heavy atom. The van der Waals surface area contributed by atoms with E-state index in [4.69, 9.17) is 0 Å². The van der Waals surface area contributed by atoms with E-state index in [1.165, 1.54) is 0 Å². The van der Waals surface area contributed by atoms with Crippen LogP contribution in [0.15, 0.2) is 24.3 Å². The second-order valence-electron chi connectivity index (χ2n) is 5.10. The van der Waals surface area contributed by atoms with Gasteiger partial charge in [0.25, 0.3) is 0 Å². The quantitative estimate of drug-likeness (QED) is 0.902. The summed E-state index contributed by atoms with van der Waals surface area (Å²) in [7, 11) is 0. The van der Waals surface area contributed by atoms with E-state index in [2.05, 4.69) is 29.7 Å². The van der Waals surface area contributed by atoms with Crippen molar-refractivity contribution >= 4 is 0 Å². The Bertz CT molecular complexity index is 469. The number of rotatable bonds is 3. The highest BCUT2D eigenvalue weighted by molar-refractivity contribution is 5.32. The number of benzene rings is 1. The third-order valence-corrected chi connectivity index (χ3v) is 3.88. The maximum absolute atomic E-state index is 9.55. The predicted molar refractivity (Wildman–Crippen MR) is 74.7 cm³/mol. The van der Waals surface area contributed by atoms with Gasteiger partial charge in [-0.05, 0) is 31.2 Å². The summed E-state index contributed by atoms with van der Waals surface area (Å²) in [6.07, 6.45) is 0. The summed E-state index contributed by atoms with van der Waals surface area (Å²) in [4.78, 5) is 4.62. The molecule has 0 bridgehead atoms. The minimum Gasteiger partial charge on any atom is -0.508 e. The Labute approximate surface area is 114 Å². The number of likely N-dealkylation sites (N-methyl/N-ethyl adjacent to an activating group) is 1. The second-order valence-corrected chi connectivity index (χ2v) is 5.10. The molecular weight excluding hydrogens is 238 g/mol. The van der Waals surface area contributed by atoms with Crippen LogP contribution in [0.3, 0.4) is 0 Å². The third kappa shape index (κ3) is 3.06. The van der Waals surface area contributed by atoms with Gasteiger partial charge in [0.05, 0.1) is 6.07 Å². The molecule has 0 saturated carbocycles. The number of phenolic OH excluding ortho intramolecular Hbond substituents is 1. The molecule has 102 valence electrons. The molecule has 2 unspecified atom stereocenters. The Hall–Kier alpha value is -1.57. The lowest BCUT2D eigenvalue weighted by atomic mass is 10.0. The summed E-state index contributed by atoms with van der Waals surface area (Å²) >= 11 is 0. The molecule has 4 heteroatoms. The lowest BCUT2D eigenvalue weighted by Crippen LogP contribution is -2.52. The molecule has 19 heavy (non-hydrogen) atoms. The SMILES string of the molecule is CCN1CCN(C(C#N)c2cccc(O)c2)CC1C. The fraction of sp³-hybridized carbons (Fsp3) is 0.533. The van der Waals surface area contributed by atoms with Gasteiger partial charge < -0.3 is 5.11 Å². The van der Waals surface area contributed by atoms with Crippen molar-refractivity contribution in [3.63, 3.8) is 0 Å². The van der Waals surface area contributed by atoms with E-state index in [0.29, 0.717) is 6.04 Å². The van der Waals surface area contributed by atoms with Crippen LogP contribution in [0, 0.1) is 11.3 Å². The molecule has 0 radical (unpaired) electrons. The van der Waals surface area contributed by atoms with E-state index >= 15 is 0 Å². The van der Waals surface area contributed by atoms with Gasteiger partial charge in [0, 0.05) is 25.7 Å². The molecule has 1 fully saturated rings. The molecule has 1 aliphatic rings. The Morgan fingerprint density at radius 1 is 1.47 bits per heavy atom. The van der Waals surface area contributed by atoms with Crippen molar-refractivity contribution in [1.82, 2.24) is 9.80 Å². The summed E-state index contributed by atoms with van der Waals surface area (Å²) in [5.41, 5.74) is 0.875. The minimum atomic E-state index is -0.270. The summed E-state index contributed by atoms with van der Waals surface area (Å²) in [6, 6.07) is 9.58. The topological polar surface area (TPSA) is 50.5 Å². The predicted octanol–water partition coefficient (Wildman–Crippen LogP) is 1.98. The zero-order valence-corrected chi connectivity index (χ0v) is 11.6. The first-order valence-electron chi connectivity index (χ1n) is 6.82. The largest absolute Gasteiger partial charge is 0.508 e. The molecule has 0 amide bonds. The fourth-order valence-corrected chi connectivity index (χ4v) is 2.79. The minimum absolute atomic E-state index is 0.220. The first-order chi connectivity index (χ1) is 9.15. The van der Waals surface area contributed by atoms with E-state index < -0.39 is 0 Å². The van der Waals surface area contributed by atoms with Crippen molar-refractivity contribution in [2.24, 2.45) is 0 Å². The molecule has 1 aromatic carbocycles. The van der Waals surface area contributed by atoms with E-state index in [1.54, 1.807) is 18.2 Å². The molecule has 0 aliphatic carbocycles. The summed E-state index contributed by atoms with van der Waals surface area (Å²) in [5, 5.41) is 19.0. The zero-order valence-electron chi connectivity index (χ0n) is 11.6. The highest BCUT2D eigenvalue weighted by Gasteiger charge is 2.28. The van der Waals surface area contributed by atoms with Crippen LogP contribution in [-0.4, -0.2) is 47.1 Å². The van der Waals surface area contributed by atoms with Crippen LogP contribution < -0.4 is 0 Å². The highest BCUT2D eigenvalue weighted by Crippen LogP contribution is 2.25. The summed E-state index contributed by atoms with van der Waals surface area (Å²) in [6.45, 7) is 8.20. The Morgan fingerprint density at radius 2 is 2.26 bits per heavy atom. The van der Waals surface area contributed by atoms with Crippen LogP contribution in [0.25, 0.3) is 0 Å². The number of phenols is 1. The van der Waals surface area contributed by atoms with Crippen molar-refractivity contribution in [2.45, 2.75) is 25.9 Å². The average molecular weight is 259 g/mol. The average Bonchev–Trinajstić information content (AvgIpc) is 2.40. The molecule has 2 atom stereocenters. The molecule has 0 aromatic heterocycles. The zero-order chi connectivity index (χ0) is 13.8. The van der Waals surface area contributed by atoms with Crippen LogP contribution in [0.4, 0.5) is 0 Å². The standard InChI is InChI=1S/C15H21N3O/c1-3-17-7-8-18(11-12(17)2)15(10-16)13-5-4-6-14(19)9-13/h4-6,9,12,15,19H,3,7-8,11H2,1-2H3. The number of hydrogen-bond acceptors (Lipinski definition) is 4. The van der Waals surface area contributed by atoms with Gasteiger partial charge >= 0.3 is 0 Å². The summed E-state index contributed by atoms with van der Waals surface area (Å²) < 4.78 is 0. The normalized spacial score (nSPS) is 22.9. The molecule has 4 nitrogen and oxygen atoms in total. The number of piperazine rings is 1. The maximum atomic E-state index is 9.55. The van der Waals surface area contributed by atoms with Gasteiger partial charge in [-0.25, -0.2) is 0 Å². The van der Waals surface area contributed by atoms with Crippen LogP contribution in [0.2, 0.25) is 0 Å². The lowest BCUT2D eigenvalue weighted by molar-refractivity contribution is 0.0729. The molecule has 1 heterocycles. The maximum Gasteiger partial charge on any atom is 0.124 e. The summed E-state index contributed by atoms with van der Waals surface area (Å²) in [5.74, 6) is 0.220. The van der Waals surface area contributed by atoms with Gasteiger partial charge in [-0.3, -0.25) is 9.80 Å². The molecule has 1 saturated heterocycles. The van der Waals surface area contributed by atoms with Crippen LogP contribution in [0.5, 0.6) is 5.75 Å². The van der Waals surface area contributed by atoms with Gasteiger partial charge in [-0.2, -0.15) is 5.26 Å². The van der Waals surface area contributed by atoms with Gasteiger partial charge in [-0.1, -0.05) is 19.1 Å². The number of nitriles is 1. The molecule has 1 aliphatic heterocycles. The van der Waals surface area contributed by atoms with Crippen molar-refractivity contribution < 1.29 is 5.11 Å². The van der Waals surface area contributed by atoms with E-state index in [0.717, 1.165) is 31.7 Å². The van der Waals surface area contributed by atoms with Gasteiger partial charge in [-0.15, -0.1) is 0 Å². The molecule has 1 N–H and O–H groups in total. The second kappa shape index (κ2) is 6.05. The van der Waals surface area contributed by atoms with Crippen molar-refractivity contribution in [3.8, 4) is 11.8 Å². The van der Waals surface area contributed by atoms with Crippen LogP contribution in [0.1, 0.15) is 25.5 Å². The fourth-order valence-electron chi connectivity index (χ4n) is 2.79. The smallest absolute Gasteiger partial charge is 0.124 e. The highest BCUT2D eigenvalue weighted by atomic mass is 16.3. The Balaban J connectivity index is 2.14. The van der Waals surface area contributed by atoms with E-state index in [1.807, 2.05) is 6.07 Å². The first-order valence-corrected chi connectivity index (χ1v) is 6.82. The molecule has 0 spiro atoms. The first kappa shape index (κ1) is 13.9. The van der Waals surface area contributed by atoms with Crippen LogP contribution in [-0.2, 0) is 0 Å². The monoisotopic (exact) mass is 259 g/mol. The van der Waals surface area contributed by atoms with Gasteiger partial charge in [0.1, 0.15) is 11.8 Å². The molecular formula is C15H21N3O. The van der Waals surface area contributed by atoms with Gasteiger partial charge in [0.2, 0.25) is 0 Å². The van der Waals surface area contributed by atoms with Crippen molar-refractivity contribution in [1.29, 1.82) is 5.26 Å². The van der Waals surface area contributed by atoms with Crippen molar-refractivity contribution in [3.05, 3.63) is 29.8 Å². The number of aromatic hydroxyl groups is 1. The molecule has 1 aromatic rings. The van der Waals surface area contributed by atoms with Crippen molar-refractivity contribution in [2.75, 3.05) is 26.2 Å². The van der Waals surface area contributed by atoms with Gasteiger partial charge in [0.15, 0.2) is 0 Å². The van der Waals surface area contributed by atoms with E-state index in [9.17, 15) is 10.4 Å². The Kier molecular flexibility index (Phi) is 4.41.